The van der Waals surface area contributed by atoms with Gasteiger partial charge in [-0.2, -0.15) is 0 Å². The average Bonchev–Trinajstić information content (AvgIpc) is 2.49. The molecule has 0 aliphatic carbocycles. The first-order valence-corrected chi connectivity index (χ1v) is 6.82. The molecular formula is C15H13ClF2N2O2. The first-order valence-electron chi connectivity index (χ1n) is 6.44. The lowest BCUT2D eigenvalue weighted by Gasteiger charge is -2.10. The van der Waals surface area contributed by atoms with Gasteiger partial charge in [-0.1, -0.05) is 29.8 Å². The van der Waals surface area contributed by atoms with E-state index in [0.29, 0.717) is 10.8 Å². The van der Waals surface area contributed by atoms with Crippen molar-refractivity contribution >= 4 is 23.3 Å². The molecule has 0 atom stereocenters. The fraction of sp³-hybridized carbons (Fsp3) is 0.133. The van der Waals surface area contributed by atoms with Gasteiger partial charge in [0.25, 0.3) is 0 Å². The zero-order valence-corrected chi connectivity index (χ0v) is 12.2. The second-order valence-electron chi connectivity index (χ2n) is 4.26. The summed E-state index contributed by atoms with van der Waals surface area (Å²) in [5.41, 5.74) is -0.493. The Morgan fingerprint density at radius 3 is 2.45 bits per heavy atom. The summed E-state index contributed by atoms with van der Waals surface area (Å²) in [7, 11) is 0. The van der Waals surface area contributed by atoms with Gasteiger partial charge in [-0.05, 0) is 24.3 Å². The summed E-state index contributed by atoms with van der Waals surface area (Å²) in [5.74, 6) is -1.20. The van der Waals surface area contributed by atoms with Gasteiger partial charge in [0.15, 0.2) is 0 Å². The highest BCUT2D eigenvalue weighted by molar-refractivity contribution is 6.32. The van der Waals surface area contributed by atoms with Gasteiger partial charge < -0.3 is 15.4 Å². The number of benzene rings is 2. The number of rotatable bonds is 5. The molecule has 0 bridgehead atoms. The molecule has 0 fully saturated rings. The van der Waals surface area contributed by atoms with Crippen LogP contribution in [0.3, 0.4) is 0 Å². The van der Waals surface area contributed by atoms with Crippen LogP contribution in [0.1, 0.15) is 0 Å². The molecule has 0 unspecified atom stereocenters. The van der Waals surface area contributed by atoms with Crippen LogP contribution in [-0.4, -0.2) is 19.2 Å². The molecule has 2 rings (SSSR count). The SMILES string of the molecule is O=C(NCCOc1ccccc1Cl)Nc1c(F)cccc1F. The van der Waals surface area contributed by atoms with Crippen molar-refractivity contribution in [3.63, 3.8) is 0 Å². The van der Waals surface area contributed by atoms with Crippen LogP contribution in [0.2, 0.25) is 5.02 Å². The predicted molar refractivity (Wildman–Crippen MR) is 80.3 cm³/mol. The summed E-state index contributed by atoms with van der Waals surface area (Å²) in [6, 6.07) is 9.50. The summed E-state index contributed by atoms with van der Waals surface area (Å²) >= 11 is 5.90. The van der Waals surface area contributed by atoms with Crippen molar-refractivity contribution in [2.24, 2.45) is 0 Å². The molecule has 0 aliphatic rings. The van der Waals surface area contributed by atoms with Crippen molar-refractivity contribution in [3.8, 4) is 5.75 Å². The van der Waals surface area contributed by atoms with Crippen molar-refractivity contribution in [1.82, 2.24) is 5.32 Å². The molecule has 0 spiro atoms. The van der Waals surface area contributed by atoms with E-state index in [-0.39, 0.29) is 13.2 Å². The Morgan fingerprint density at radius 1 is 1.09 bits per heavy atom. The molecule has 0 saturated carbocycles. The highest BCUT2D eigenvalue weighted by Crippen LogP contribution is 2.22. The average molecular weight is 327 g/mol. The van der Waals surface area contributed by atoms with Crippen molar-refractivity contribution in [2.75, 3.05) is 18.5 Å². The standard InChI is InChI=1S/C15H13ClF2N2O2/c16-10-4-1-2-7-13(10)22-9-8-19-15(21)20-14-11(17)5-3-6-12(14)18/h1-7H,8-9H2,(H2,19,20,21). The van der Waals surface area contributed by atoms with Crippen molar-refractivity contribution < 1.29 is 18.3 Å². The van der Waals surface area contributed by atoms with Gasteiger partial charge in [0, 0.05) is 0 Å². The van der Waals surface area contributed by atoms with Crippen LogP contribution in [0, 0.1) is 11.6 Å². The topological polar surface area (TPSA) is 50.4 Å². The molecular weight excluding hydrogens is 314 g/mol. The molecule has 116 valence electrons. The van der Waals surface area contributed by atoms with Crippen LogP contribution < -0.4 is 15.4 Å². The van der Waals surface area contributed by atoms with Crippen molar-refractivity contribution in [2.45, 2.75) is 0 Å². The maximum absolute atomic E-state index is 13.3. The molecule has 2 N–H and O–H groups in total. The largest absolute Gasteiger partial charge is 0.490 e. The second kappa shape index (κ2) is 7.61. The number of urea groups is 1. The number of nitrogens with one attached hydrogen (secondary N) is 2. The number of carbonyl (C=O) groups is 1. The van der Waals surface area contributed by atoms with Crippen LogP contribution in [0.15, 0.2) is 42.5 Å². The van der Waals surface area contributed by atoms with Gasteiger partial charge in [-0.25, -0.2) is 13.6 Å². The maximum Gasteiger partial charge on any atom is 0.319 e. The lowest BCUT2D eigenvalue weighted by Crippen LogP contribution is -2.32. The fourth-order valence-electron chi connectivity index (χ4n) is 1.66. The van der Waals surface area contributed by atoms with E-state index < -0.39 is 23.4 Å². The minimum absolute atomic E-state index is 0.146. The summed E-state index contributed by atoms with van der Waals surface area (Å²) in [5, 5.41) is 4.99. The summed E-state index contributed by atoms with van der Waals surface area (Å²) < 4.78 is 32.0. The summed E-state index contributed by atoms with van der Waals surface area (Å²) in [4.78, 5) is 11.6. The number of hydrogen-bond donors (Lipinski definition) is 2. The zero-order chi connectivity index (χ0) is 15.9. The van der Waals surface area contributed by atoms with E-state index >= 15 is 0 Å². The van der Waals surface area contributed by atoms with Crippen LogP contribution >= 0.6 is 11.6 Å². The normalized spacial score (nSPS) is 10.1. The minimum Gasteiger partial charge on any atom is -0.490 e. The Labute approximate surface area is 131 Å². The lowest BCUT2D eigenvalue weighted by molar-refractivity contribution is 0.247. The molecule has 2 aromatic rings. The molecule has 0 heterocycles. The maximum atomic E-state index is 13.3. The van der Waals surface area contributed by atoms with E-state index in [1.54, 1.807) is 24.3 Å². The third kappa shape index (κ3) is 4.33. The number of halogens is 3. The molecule has 0 saturated heterocycles. The quantitative estimate of drug-likeness (QED) is 0.821. The van der Waals surface area contributed by atoms with Gasteiger partial charge in [-0.3, -0.25) is 0 Å². The number of carbonyl (C=O) groups excluding carboxylic acids is 1. The number of ether oxygens (including phenoxy) is 1. The van der Waals surface area contributed by atoms with Crippen LogP contribution in [-0.2, 0) is 0 Å². The fourth-order valence-corrected chi connectivity index (χ4v) is 1.85. The van der Waals surface area contributed by atoms with Gasteiger partial charge in [0.05, 0.1) is 11.6 Å². The molecule has 0 aromatic heterocycles. The highest BCUT2D eigenvalue weighted by atomic mass is 35.5. The Morgan fingerprint density at radius 2 is 1.77 bits per heavy atom. The summed E-state index contributed by atoms with van der Waals surface area (Å²) in [6.07, 6.45) is 0. The van der Waals surface area contributed by atoms with E-state index in [4.69, 9.17) is 16.3 Å². The van der Waals surface area contributed by atoms with E-state index in [9.17, 15) is 13.6 Å². The zero-order valence-electron chi connectivity index (χ0n) is 11.4. The monoisotopic (exact) mass is 326 g/mol. The molecule has 0 radical (unpaired) electrons. The number of anilines is 1. The molecule has 2 amide bonds. The Hall–Kier alpha value is -2.34. The smallest absolute Gasteiger partial charge is 0.319 e. The number of para-hydroxylation sites is 2. The van der Waals surface area contributed by atoms with Gasteiger partial charge in [0.2, 0.25) is 0 Å². The Bertz CT molecular complexity index is 647. The second-order valence-corrected chi connectivity index (χ2v) is 4.66. The van der Waals surface area contributed by atoms with E-state index in [1.165, 1.54) is 6.07 Å². The third-order valence-electron chi connectivity index (χ3n) is 2.68. The number of hydrogen-bond acceptors (Lipinski definition) is 2. The number of amides is 2. The van der Waals surface area contributed by atoms with Crippen LogP contribution in [0.5, 0.6) is 5.75 Å². The van der Waals surface area contributed by atoms with Gasteiger partial charge in [-0.15, -0.1) is 0 Å². The van der Waals surface area contributed by atoms with Crippen LogP contribution in [0.25, 0.3) is 0 Å². The molecule has 0 aliphatic heterocycles. The summed E-state index contributed by atoms with van der Waals surface area (Å²) in [6.45, 7) is 0.310. The van der Waals surface area contributed by atoms with Gasteiger partial charge in [0.1, 0.15) is 29.7 Å². The lowest BCUT2D eigenvalue weighted by atomic mass is 10.3. The van der Waals surface area contributed by atoms with Gasteiger partial charge >= 0.3 is 6.03 Å². The third-order valence-corrected chi connectivity index (χ3v) is 3.00. The first kappa shape index (κ1) is 16.0. The molecule has 4 nitrogen and oxygen atoms in total. The van der Waals surface area contributed by atoms with E-state index in [0.717, 1.165) is 12.1 Å². The Kier molecular flexibility index (Phi) is 5.55. The molecule has 22 heavy (non-hydrogen) atoms. The predicted octanol–water partition coefficient (Wildman–Crippen LogP) is 3.82. The van der Waals surface area contributed by atoms with Crippen LogP contribution in [0.4, 0.5) is 19.3 Å². The Balaban J connectivity index is 1.78. The van der Waals surface area contributed by atoms with Crippen molar-refractivity contribution in [1.29, 1.82) is 0 Å². The molecule has 2 aromatic carbocycles. The van der Waals surface area contributed by atoms with Crippen molar-refractivity contribution in [3.05, 3.63) is 59.1 Å². The first-order chi connectivity index (χ1) is 10.6. The van der Waals surface area contributed by atoms with E-state index in [1.807, 2.05) is 0 Å². The van der Waals surface area contributed by atoms with E-state index in [2.05, 4.69) is 10.6 Å². The minimum atomic E-state index is -0.845. The highest BCUT2D eigenvalue weighted by Gasteiger charge is 2.11. The molecule has 7 heteroatoms.